The number of nitrogens with zero attached hydrogens (tertiary/aromatic N) is 3. The van der Waals surface area contributed by atoms with Crippen LogP contribution < -0.4 is 5.56 Å². The van der Waals surface area contributed by atoms with Crippen molar-refractivity contribution >= 4 is 22.8 Å². The predicted molar refractivity (Wildman–Crippen MR) is 96.5 cm³/mol. The van der Waals surface area contributed by atoms with E-state index in [4.69, 9.17) is 4.74 Å². The number of likely N-dealkylation sites (tertiary alicyclic amines) is 1. The number of hydrogen-bond acceptors (Lipinski definition) is 5. The topological polar surface area (TPSA) is 81.5 Å². The Morgan fingerprint density at radius 3 is 2.62 bits per heavy atom. The molecule has 2 aromatic rings. The number of hydrogen-bond donors (Lipinski definition) is 0. The number of fused-ring (bicyclic) bond motifs is 1. The second-order valence-corrected chi connectivity index (χ2v) is 7.10. The van der Waals surface area contributed by atoms with Crippen LogP contribution in [0, 0.1) is 11.8 Å². The molecular weight excluding hydrogens is 334 g/mol. The van der Waals surface area contributed by atoms with Crippen LogP contribution in [0.3, 0.4) is 0 Å². The number of carbonyl (C=O) groups excluding carboxylic acids is 2. The third kappa shape index (κ3) is 4.09. The van der Waals surface area contributed by atoms with E-state index in [1.807, 2.05) is 0 Å². The van der Waals surface area contributed by atoms with Gasteiger partial charge in [-0.1, -0.05) is 26.0 Å². The molecule has 0 bridgehead atoms. The molecular formula is C19H23N3O4. The minimum atomic E-state index is -0.629. The molecule has 1 amide bonds. The van der Waals surface area contributed by atoms with E-state index in [-0.39, 0.29) is 24.6 Å². The van der Waals surface area contributed by atoms with Gasteiger partial charge in [-0.2, -0.15) is 0 Å². The van der Waals surface area contributed by atoms with Crippen LogP contribution >= 0.6 is 0 Å². The van der Waals surface area contributed by atoms with Gasteiger partial charge in [0.1, 0.15) is 6.54 Å². The Labute approximate surface area is 151 Å². The number of benzene rings is 1. The van der Waals surface area contributed by atoms with Gasteiger partial charge in [-0.25, -0.2) is 4.98 Å². The van der Waals surface area contributed by atoms with Gasteiger partial charge in [-0.15, -0.1) is 0 Å². The summed E-state index contributed by atoms with van der Waals surface area (Å²) in [7, 11) is 0. The molecule has 1 aliphatic rings. The highest BCUT2D eigenvalue weighted by Crippen LogP contribution is 2.20. The first-order valence-electron chi connectivity index (χ1n) is 8.81. The van der Waals surface area contributed by atoms with Gasteiger partial charge in [0, 0.05) is 13.1 Å². The number of para-hydroxylation sites is 1. The van der Waals surface area contributed by atoms with Gasteiger partial charge in [0.2, 0.25) is 0 Å². The number of carbonyl (C=O) groups is 2. The highest BCUT2D eigenvalue weighted by molar-refractivity contribution is 5.81. The number of ether oxygens (including phenoxy) is 1. The molecule has 0 saturated carbocycles. The SMILES string of the molecule is C[C@H]1C[C@H](C)CN(C(=O)COC(=O)Cn2cnc3ccccc3c2=O)C1. The third-order valence-electron chi connectivity index (χ3n) is 4.61. The van der Waals surface area contributed by atoms with Crippen molar-refractivity contribution in [2.45, 2.75) is 26.8 Å². The molecule has 1 aliphatic heterocycles. The minimum Gasteiger partial charge on any atom is -0.454 e. The van der Waals surface area contributed by atoms with E-state index in [1.54, 1.807) is 29.2 Å². The Kier molecular flexibility index (Phi) is 5.35. The molecule has 0 N–H and O–H groups in total. The van der Waals surface area contributed by atoms with E-state index >= 15 is 0 Å². The lowest BCUT2D eigenvalue weighted by molar-refractivity contribution is -0.153. The molecule has 1 saturated heterocycles. The van der Waals surface area contributed by atoms with Gasteiger partial charge < -0.3 is 9.64 Å². The van der Waals surface area contributed by atoms with Gasteiger partial charge in [0.05, 0.1) is 17.2 Å². The molecule has 0 unspecified atom stereocenters. The molecule has 2 atom stereocenters. The molecule has 1 aromatic carbocycles. The fourth-order valence-electron chi connectivity index (χ4n) is 3.50. The van der Waals surface area contributed by atoms with E-state index < -0.39 is 5.97 Å². The summed E-state index contributed by atoms with van der Waals surface area (Å²) in [5, 5.41) is 0.440. The Hall–Kier alpha value is -2.70. The smallest absolute Gasteiger partial charge is 0.326 e. The van der Waals surface area contributed by atoms with Crippen molar-refractivity contribution in [1.29, 1.82) is 0 Å². The maximum Gasteiger partial charge on any atom is 0.326 e. The van der Waals surface area contributed by atoms with Crippen LogP contribution in [0.2, 0.25) is 0 Å². The van der Waals surface area contributed by atoms with Gasteiger partial charge in [0.15, 0.2) is 6.61 Å². The van der Waals surface area contributed by atoms with Gasteiger partial charge in [0.25, 0.3) is 11.5 Å². The molecule has 0 aliphatic carbocycles. The zero-order chi connectivity index (χ0) is 18.7. The summed E-state index contributed by atoms with van der Waals surface area (Å²) in [4.78, 5) is 42.6. The van der Waals surface area contributed by atoms with Gasteiger partial charge in [-0.3, -0.25) is 19.0 Å². The molecule has 0 radical (unpaired) electrons. The van der Waals surface area contributed by atoms with Crippen LogP contribution in [0.15, 0.2) is 35.4 Å². The average Bonchev–Trinajstić information content (AvgIpc) is 2.61. The lowest BCUT2D eigenvalue weighted by atomic mass is 9.92. The molecule has 0 spiro atoms. The normalized spacial score (nSPS) is 20.2. The largest absolute Gasteiger partial charge is 0.454 e. The van der Waals surface area contributed by atoms with Crippen molar-refractivity contribution in [2.24, 2.45) is 11.8 Å². The fraction of sp³-hybridized carbons (Fsp3) is 0.474. The van der Waals surface area contributed by atoms with Crippen LogP contribution in [0.4, 0.5) is 0 Å². The number of esters is 1. The summed E-state index contributed by atoms with van der Waals surface area (Å²) in [5.41, 5.74) is 0.267. The van der Waals surface area contributed by atoms with Crippen molar-refractivity contribution in [3.63, 3.8) is 0 Å². The molecule has 138 valence electrons. The van der Waals surface area contributed by atoms with Crippen molar-refractivity contribution in [2.75, 3.05) is 19.7 Å². The fourth-order valence-corrected chi connectivity index (χ4v) is 3.50. The first-order chi connectivity index (χ1) is 12.4. The summed E-state index contributed by atoms with van der Waals surface area (Å²) >= 11 is 0. The maximum atomic E-state index is 12.4. The molecule has 7 heteroatoms. The van der Waals surface area contributed by atoms with Gasteiger partial charge >= 0.3 is 5.97 Å². The quantitative estimate of drug-likeness (QED) is 0.774. The second-order valence-electron chi connectivity index (χ2n) is 7.10. The zero-order valence-electron chi connectivity index (χ0n) is 15.1. The summed E-state index contributed by atoms with van der Waals surface area (Å²) in [6.45, 7) is 5.04. The molecule has 2 heterocycles. The zero-order valence-corrected chi connectivity index (χ0v) is 15.1. The molecule has 26 heavy (non-hydrogen) atoms. The number of piperidine rings is 1. The highest BCUT2D eigenvalue weighted by Gasteiger charge is 2.26. The Bertz CT molecular complexity index is 866. The van der Waals surface area contributed by atoms with Crippen LogP contribution in [-0.2, 0) is 20.9 Å². The third-order valence-corrected chi connectivity index (χ3v) is 4.61. The summed E-state index contributed by atoms with van der Waals surface area (Å²) in [6, 6.07) is 6.93. The van der Waals surface area contributed by atoms with Crippen LogP contribution in [0.5, 0.6) is 0 Å². The first kappa shape index (κ1) is 18.1. The second kappa shape index (κ2) is 7.68. The lowest BCUT2D eigenvalue weighted by Gasteiger charge is -2.34. The lowest BCUT2D eigenvalue weighted by Crippen LogP contribution is -2.44. The summed E-state index contributed by atoms with van der Waals surface area (Å²) in [5.74, 6) is 0.0673. The van der Waals surface area contributed by atoms with Crippen molar-refractivity contribution < 1.29 is 14.3 Å². The van der Waals surface area contributed by atoms with E-state index in [9.17, 15) is 14.4 Å². The molecule has 1 aromatic heterocycles. The monoisotopic (exact) mass is 357 g/mol. The van der Waals surface area contributed by atoms with E-state index in [0.29, 0.717) is 35.8 Å². The van der Waals surface area contributed by atoms with E-state index in [1.165, 1.54) is 10.9 Å². The minimum absolute atomic E-state index is 0.194. The van der Waals surface area contributed by atoms with Crippen molar-refractivity contribution in [1.82, 2.24) is 14.5 Å². The summed E-state index contributed by atoms with van der Waals surface area (Å²) < 4.78 is 6.28. The first-order valence-corrected chi connectivity index (χ1v) is 8.81. The average molecular weight is 357 g/mol. The van der Waals surface area contributed by atoms with E-state index in [0.717, 1.165) is 6.42 Å². The Balaban J connectivity index is 1.58. The number of rotatable bonds is 4. The van der Waals surface area contributed by atoms with Crippen molar-refractivity contribution in [3.05, 3.63) is 40.9 Å². The van der Waals surface area contributed by atoms with Crippen molar-refractivity contribution in [3.8, 4) is 0 Å². The Morgan fingerprint density at radius 1 is 1.19 bits per heavy atom. The van der Waals surface area contributed by atoms with Crippen LogP contribution in [0.1, 0.15) is 20.3 Å². The van der Waals surface area contributed by atoms with Gasteiger partial charge in [-0.05, 0) is 30.4 Å². The summed E-state index contributed by atoms with van der Waals surface area (Å²) in [6.07, 6.45) is 2.42. The molecule has 3 rings (SSSR count). The van der Waals surface area contributed by atoms with Crippen LogP contribution in [0.25, 0.3) is 10.9 Å². The maximum absolute atomic E-state index is 12.4. The molecule has 7 nitrogen and oxygen atoms in total. The standard InChI is InChI=1S/C19H23N3O4/c1-13-7-14(2)9-21(8-13)17(23)11-26-18(24)10-22-12-20-16-6-4-3-5-15(16)19(22)25/h3-6,12-14H,7-11H2,1-2H3/t13-,14-/m0/s1. The number of amides is 1. The van der Waals surface area contributed by atoms with E-state index in [2.05, 4.69) is 18.8 Å². The molecule has 1 fully saturated rings. The van der Waals surface area contributed by atoms with Crippen LogP contribution in [-0.4, -0.2) is 46.0 Å². The predicted octanol–water partition coefficient (Wildman–Crippen LogP) is 1.44. The highest BCUT2D eigenvalue weighted by atomic mass is 16.5. The Morgan fingerprint density at radius 2 is 1.88 bits per heavy atom. The number of aromatic nitrogens is 2.